The molecular weight excluding hydrogens is 422 g/mol. The van der Waals surface area contributed by atoms with E-state index >= 15 is 0 Å². The van der Waals surface area contributed by atoms with Crippen LogP contribution in [-0.2, 0) is 17.1 Å². The molecule has 0 radical (unpaired) electrons. The zero-order valence-corrected chi connectivity index (χ0v) is 19.2. The molecule has 1 saturated heterocycles. The molecule has 4 aromatic rings. The van der Waals surface area contributed by atoms with Crippen LogP contribution in [0.5, 0.6) is 0 Å². The van der Waals surface area contributed by atoms with E-state index in [1.54, 1.807) is 11.2 Å². The van der Waals surface area contributed by atoms with Crippen molar-refractivity contribution >= 4 is 21.1 Å². The molecule has 0 unspecified atom stereocenters. The third-order valence-electron chi connectivity index (χ3n) is 6.34. The molecule has 2 aromatic carbocycles. The van der Waals surface area contributed by atoms with Gasteiger partial charge < -0.3 is 4.57 Å². The number of rotatable bonds is 5. The summed E-state index contributed by atoms with van der Waals surface area (Å²) in [5.74, 6) is 0.157. The Labute approximate surface area is 188 Å². The highest BCUT2D eigenvalue weighted by Crippen LogP contribution is 2.34. The maximum Gasteiger partial charge on any atom is 0.213 e. The minimum Gasteiger partial charge on any atom is -0.327 e. The van der Waals surface area contributed by atoms with Crippen molar-refractivity contribution in [3.05, 3.63) is 61.1 Å². The van der Waals surface area contributed by atoms with Gasteiger partial charge in [-0.3, -0.25) is 4.68 Å². The third-order valence-corrected chi connectivity index (χ3v) is 8.22. The number of hydrogen-bond donors (Lipinski definition) is 0. The molecule has 0 N–H and O–H groups in total. The van der Waals surface area contributed by atoms with Crippen LogP contribution in [0.1, 0.15) is 25.8 Å². The predicted octanol–water partition coefficient (Wildman–Crippen LogP) is 4.09. The number of aryl methyl sites for hydroxylation is 1. The molecule has 7 nitrogen and oxygen atoms in total. The zero-order chi connectivity index (χ0) is 22.3. The summed E-state index contributed by atoms with van der Waals surface area (Å²) in [6.45, 7) is 2.82. The van der Waals surface area contributed by atoms with Gasteiger partial charge in [0.1, 0.15) is 5.69 Å². The Morgan fingerprint density at radius 3 is 2.50 bits per heavy atom. The van der Waals surface area contributed by atoms with Gasteiger partial charge >= 0.3 is 0 Å². The number of imidazole rings is 1. The number of hydrogen-bond acceptors (Lipinski definition) is 4. The van der Waals surface area contributed by atoms with Gasteiger partial charge in [0.25, 0.3) is 0 Å². The highest BCUT2D eigenvalue weighted by Gasteiger charge is 2.28. The standard InChI is InChI=1S/C24H27N5O2S/c1-3-32(30,31)28-13-11-20(12-14-28)29-17-25-22-10-9-19(15-23(22)29)21-16-27(2)26-24(21)18-7-5-4-6-8-18/h4-10,15-17,20H,3,11-14H2,1-2H3. The Kier molecular flexibility index (Phi) is 5.35. The fourth-order valence-corrected chi connectivity index (χ4v) is 5.71. The van der Waals surface area contributed by atoms with Crippen LogP contribution in [0.3, 0.4) is 0 Å². The van der Waals surface area contributed by atoms with E-state index in [4.69, 9.17) is 5.10 Å². The maximum absolute atomic E-state index is 12.2. The average Bonchev–Trinajstić information content (AvgIpc) is 3.43. The van der Waals surface area contributed by atoms with Crippen molar-refractivity contribution in [1.29, 1.82) is 0 Å². The summed E-state index contributed by atoms with van der Waals surface area (Å²) >= 11 is 0. The summed E-state index contributed by atoms with van der Waals surface area (Å²) in [7, 11) is -1.19. The van der Waals surface area contributed by atoms with Gasteiger partial charge in [-0.15, -0.1) is 0 Å². The van der Waals surface area contributed by atoms with Gasteiger partial charge in [0, 0.05) is 43.5 Å². The summed E-state index contributed by atoms with van der Waals surface area (Å²) in [5.41, 5.74) is 6.23. The van der Waals surface area contributed by atoms with Gasteiger partial charge in [-0.25, -0.2) is 17.7 Å². The Hall–Kier alpha value is -2.97. The topological polar surface area (TPSA) is 73.0 Å². The first kappa shape index (κ1) is 20.9. The molecule has 0 aliphatic carbocycles. The van der Waals surface area contributed by atoms with Crippen molar-refractivity contribution in [1.82, 2.24) is 23.6 Å². The lowest BCUT2D eigenvalue weighted by Crippen LogP contribution is -2.39. The lowest BCUT2D eigenvalue weighted by atomic mass is 10.0. The highest BCUT2D eigenvalue weighted by atomic mass is 32.2. The summed E-state index contributed by atoms with van der Waals surface area (Å²) in [5, 5.41) is 4.71. The Balaban J connectivity index is 1.49. The Morgan fingerprint density at radius 2 is 1.78 bits per heavy atom. The van der Waals surface area contributed by atoms with Crippen molar-refractivity contribution in [3.8, 4) is 22.4 Å². The summed E-state index contributed by atoms with van der Waals surface area (Å²) < 4.78 is 30.1. The molecule has 0 atom stereocenters. The van der Waals surface area contributed by atoms with Gasteiger partial charge in [0.15, 0.2) is 0 Å². The van der Waals surface area contributed by atoms with E-state index in [0.717, 1.165) is 46.3 Å². The molecule has 166 valence electrons. The normalized spacial score (nSPS) is 16.1. The second-order valence-corrected chi connectivity index (χ2v) is 10.6. The van der Waals surface area contributed by atoms with E-state index < -0.39 is 10.0 Å². The van der Waals surface area contributed by atoms with Crippen molar-refractivity contribution in [2.75, 3.05) is 18.8 Å². The summed E-state index contributed by atoms with van der Waals surface area (Å²) in [6, 6.07) is 16.8. The third kappa shape index (κ3) is 3.73. The Morgan fingerprint density at radius 1 is 1.03 bits per heavy atom. The van der Waals surface area contributed by atoms with E-state index in [1.165, 1.54) is 0 Å². The van der Waals surface area contributed by atoms with E-state index in [9.17, 15) is 8.42 Å². The van der Waals surface area contributed by atoms with Crippen molar-refractivity contribution < 1.29 is 8.42 Å². The van der Waals surface area contributed by atoms with Crippen LogP contribution in [0.15, 0.2) is 61.1 Å². The van der Waals surface area contributed by atoms with Gasteiger partial charge in [0.2, 0.25) is 10.0 Å². The molecule has 1 aliphatic rings. The van der Waals surface area contributed by atoms with Crippen LogP contribution in [0.4, 0.5) is 0 Å². The highest BCUT2D eigenvalue weighted by molar-refractivity contribution is 7.89. The monoisotopic (exact) mass is 449 g/mol. The molecule has 8 heteroatoms. The van der Waals surface area contributed by atoms with Crippen LogP contribution >= 0.6 is 0 Å². The zero-order valence-electron chi connectivity index (χ0n) is 18.3. The first-order chi connectivity index (χ1) is 15.5. The second-order valence-electron chi connectivity index (χ2n) is 8.32. The molecule has 5 rings (SSSR count). The van der Waals surface area contributed by atoms with Crippen LogP contribution in [0.25, 0.3) is 33.4 Å². The number of fused-ring (bicyclic) bond motifs is 1. The maximum atomic E-state index is 12.2. The van der Waals surface area contributed by atoms with Gasteiger partial charge in [0.05, 0.1) is 23.1 Å². The number of benzene rings is 2. The quantitative estimate of drug-likeness (QED) is 0.460. The molecule has 1 aliphatic heterocycles. The number of piperidine rings is 1. The lowest BCUT2D eigenvalue weighted by molar-refractivity contribution is 0.277. The molecule has 32 heavy (non-hydrogen) atoms. The van der Waals surface area contributed by atoms with Crippen molar-refractivity contribution in [3.63, 3.8) is 0 Å². The van der Waals surface area contributed by atoms with Crippen LogP contribution in [0.2, 0.25) is 0 Å². The molecule has 0 saturated carbocycles. The minimum absolute atomic E-state index is 0.157. The largest absolute Gasteiger partial charge is 0.327 e. The molecule has 0 bridgehead atoms. The average molecular weight is 450 g/mol. The summed E-state index contributed by atoms with van der Waals surface area (Å²) in [4.78, 5) is 4.61. The van der Waals surface area contributed by atoms with Crippen molar-refractivity contribution in [2.45, 2.75) is 25.8 Å². The van der Waals surface area contributed by atoms with E-state index in [1.807, 2.05) is 36.3 Å². The smallest absolute Gasteiger partial charge is 0.213 e. The van der Waals surface area contributed by atoms with Crippen LogP contribution in [-0.4, -0.2) is 50.9 Å². The molecule has 0 spiro atoms. The van der Waals surface area contributed by atoms with E-state index in [2.05, 4.69) is 46.1 Å². The summed E-state index contributed by atoms with van der Waals surface area (Å²) in [6.07, 6.45) is 5.52. The van der Waals surface area contributed by atoms with Gasteiger partial charge in [-0.1, -0.05) is 36.4 Å². The van der Waals surface area contributed by atoms with E-state index in [-0.39, 0.29) is 11.8 Å². The van der Waals surface area contributed by atoms with Crippen LogP contribution < -0.4 is 0 Å². The SMILES string of the molecule is CCS(=O)(=O)N1CCC(n2cnc3ccc(-c4cn(C)nc4-c4ccccc4)cc32)CC1. The molecular formula is C24H27N5O2S. The number of nitrogens with zero attached hydrogens (tertiary/aromatic N) is 5. The fraction of sp³-hybridized carbons (Fsp3) is 0.333. The first-order valence-electron chi connectivity index (χ1n) is 11.0. The Bertz CT molecular complexity index is 1350. The van der Waals surface area contributed by atoms with E-state index in [0.29, 0.717) is 13.1 Å². The van der Waals surface area contributed by atoms with Gasteiger partial charge in [-0.05, 0) is 37.5 Å². The van der Waals surface area contributed by atoms with Gasteiger partial charge in [-0.2, -0.15) is 5.10 Å². The predicted molar refractivity (Wildman–Crippen MR) is 127 cm³/mol. The molecule has 0 amide bonds. The molecule has 2 aromatic heterocycles. The molecule has 1 fully saturated rings. The van der Waals surface area contributed by atoms with Crippen molar-refractivity contribution in [2.24, 2.45) is 7.05 Å². The second kappa shape index (κ2) is 8.18. The molecule has 3 heterocycles. The fourth-order valence-electron chi connectivity index (χ4n) is 4.57. The first-order valence-corrected chi connectivity index (χ1v) is 12.6. The minimum atomic E-state index is -3.13. The number of sulfonamides is 1. The van der Waals surface area contributed by atoms with Crippen LogP contribution in [0, 0.1) is 0 Å². The number of aromatic nitrogens is 4. The lowest BCUT2D eigenvalue weighted by Gasteiger charge is -2.31.